The fraction of sp³-hybridized carbons (Fsp3) is 0.650. The third kappa shape index (κ3) is 7.41. The molecule has 1 saturated heterocycles. The molecule has 0 aliphatic carbocycles. The molecule has 2 atom stereocenters. The Balaban J connectivity index is 1.70. The number of piperidine rings is 1. The Kier molecular flexibility index (Phi) is 9.56. The zero-order chi connectivity index (χ0) is 21.2. The van der Waals surface area contributed by atoms with Crippen LogP contribution < -0.4 is 5.32 Å². The van der Waals surface area contributed by atoms with Crippen molar-refractivity contribution in [3.05, 3.63) is 22.4 Å². The molecule has 0 saturated carbocycles. The van der Waals surface area contributed by atoms with Crippen molar-refractivity contribution in [2.75, 3.05) is 26.2 Å². The first-order chi connectivity index (χ1) is 13.9. The van der Waals surface area contributed by atoms with Crippen molar-refractivity contribution in [2.24, 2.45) is 5.92 Å². The molecule has 9 heteroatoms. The van der Waals surface area contributed by atoms with Crippen LogP contribution in [0.15, 0.2) is 17.5 Å². The number of hydrogen-bond acceptors (Lipinski definition) is 7. The summed E-state index contributed by atoms with van der Waals surface area (Å²) >= 11 is 1.57. The summed E-state index contributed by atoms with van der Waals surface area (Å²) in [5.41, 5.74) is 0. The van der Waals surface area contributed by atoms with Crippen molar-refractivity contribution < 1.29 is 29.3 Å². The van der Waals surface area contributed by atoms with Crippen molar-refractivity contribution >= 4 is 29.1 Å². The molecule has 3 N–H and O–H groups in total. The monoisotopic (exact) mass is 426 g/mol. The first-order valence-electron chi connectivity index (χ1n) is 10.0. The van der Waals surface area contributed by atoms with Crippen molar-refractivity contribution in [3.8, 4) is 0 Å². The minimum Gasteiger partial charge on any atom is -0.466 e. The molecular weight excluding hydrogens is 396 g/mol. The summed E-state index contributed by atoms with van der Waals surface area (Å²) in [6.45, 7) is 3.31. The summed E-state index contributed by atoms with van der Waals surface area (Å²) < 4.78 is 4.92. The SMILES string of the molecule is CCOC(=O)CCC1CCN(C(=O)C(O)C(O)C(=O)NCCc2cccs2)CC1. The van der Waals surface area contributed by atoms with Gasteiger partial charge in [0.25, 0.3) is 11.8 Å². The third-order valence-electron chi connectivity index (χ3n) is 5.06. The molecule has 162 valence electrons. The highest BCUT2D eigenvalue weighted by atomic mass is 32.1. The van der Waals surface area contributed by atoms with E-state index in [0.717, 1.165) is 4.88 Å². The molecule has 0 radical (unpaired) electrons. The number of thiophene rings is 1. The molecule has 2 amide bonds. The Bertz CT molecular complexity index is 658. The molecule has 1 aliphatic heterocycles. The number of carbonyl (C=O) groups excluding carboxylic acids is 3. The van der Waals surface area contributed by atoms with Crippen LogP contribution in [0.25, 0.3) is 0 Å². The second-order valence-corrected chi connectivity index (χ2v) is 8.15. The quantitative estimate of drug-likeness (QED) is 0.475. The van der Waals surface area contributed by atoms with Gasteiger partial charge in [-0.1, -0.05) is 6.07 Å². The van der Waals surface area contributed by atoms with Crippen molar-refractivity contribution in [1.82, 2.24) is 10.2 Å². The van der Waals surface area contributed by atoms with Gasteiger partial charge in [-0.25, -0.2) is 0 Å². The number of rotatable bonds is 10. The second kappa shape index (κ2) is 11.9. The minimum absolute atomic E-state index is 0.213. The summed E-state index contributed by atoms with van der Waals surface area (Å²) in [4.78, 5) is 38.5. The fourth-order valence-electron chi connectivity index (χ4n) is 3.33. The number of nitrogens with zero attached hydrogens (tertiary/aromatic N) is 1. The molecule has 1 aromatic rings. The zero-order valence-corrected chi connectivity index (χ0v) is 17.5. The highest BCUT2D eigenvalue weighted by molar-refractivity contribution is 7.09. The van der Waals surface area contributed by atoms with Crippen molar-refractivity contribution in [1.29, 1.82) is 0 Å². The largest absolute Gasteiger partial charge is 0.466 e. The van der Waals surface area contributed by atoms with Gasteiger partial charge >= 0.3 is 5.97 Å². The number of aliphatic hydroxyl groups excluding tert-OH is 2. The number of ether oxygens (including phenoxy) is 1. The van der Waals surface area contributed by atoms with Gasteiger partial charge in [-0.3, -0.25) is 14.4 Å². The van der Waals surface area contributed by atoms with Crippen LogP contribution in [0.2, 0.25) is 0 Å². The molecular formula is C20H30N2O6S. The van der Waals surface area contributed by atoms with Gasteiger partial charge in [-0.05, 0) is 50.0 Å². The number of hydrogen-bond donors (Lipinski definition) is 3. The lowest BCUT2D eigenvalue weighted by atomic mass is 9.92. The van der Waals surface area contributed by atoms with Crippen LogP contribution in [0.3, 0.4) is 0 Å². The Morgan fingerprint density at radius 2 is 2.00 bits per heavy atom. The maximum atomic E-state index is 12.4. The number of carbonyl (C=O) groups is 3. The van der Waals surface area contributed by atoms with Crippen LogP contribution in [-0.2, 0) is 25.5 Å². The third-order valence-corrected chi connectivity index (χ3v) is 6.00. The standard InChI is InChI=1S/C20H30N2O6S/c1-2-28-16(23)6-5-14-8-11-22(12-9-14)20(27)18(25)17(24)19(26)21-10-7-15-4-3-13-29-15/h3-4,13-14,17-18,24-25H,2,5-12H2,1H3,(H,21,26). The molecule has 1 fully saturated rings. The van der Waals surface area contributed by atoms with Crippen LogP contribution in [-0.4, -0.2) is 71.3 Å². The Morgan fingerprint density at radius 1 is 1.28 bits per heavy atom. The summed E-state index contributed by atoms with van der Waals surface area (Å²) in [5.74, 6) is -1.30. The van der Waals surface area contributed by atoms with E-state index in [1.165, 1.54) is 4.90 Å². The summed E-state index contributed by atoms with van der Waals surface area (Å²) in [7, 11) is 0. The van der Waals surface area contributed by atoms with Crippen LogP contribution in [0, 0.1) is 5.92 Å². The van der Waals surface area contributed by atoms with Gasteiger partial charge < -0.3 is 25.2 Å². The van der Waals surface area contributed by atoms with Gasteiger partial charge in [-0.15, -0.1) is 11.3 Å². The topological polar surface area (TPSA) is 116 Å². The molecule has 29 heavy (non-hydrogen) atoms. The van der Waals surface area contributed by atoms with E-state index in [-0.39, 0.29) is 5.97 Å². The lowest BCUT2D eigenvalue weighted by molar-refractivity contribution is -0.154. The van der Waals surface area contributed by atoms with E-state index in [2.05, 4.69) is 5.32 Å². The van der Waals surface area contributed by atoms with E-state index >= 15 is 0 Å². The van der Waals surface area contributed by atoms with Gasteiger partial charge in [0.05, 0.1) is 6.61 Å². The van der Waals surface area contributed by atoms with Gasteiger partial charge in [-0.2, -0.15) is 0 Å². The van der Waals surface area contributed by atoms with Gasteiger partial charge in [0.1, 0.15) is 0 Å². The van der Waals surface area contributed by atoms with Crippen molar-refractivity contribution in [2.45, 2.75) is 51.2 Å². The van der Waals surface area contributed by atoms with E-state index in [9.17, 15) is 24.6 Å². The number of nitrogens with one attached hydrogen (secondary N) is 1. The van der Waals surface area contributed by atoms with Crippen molar-refractivity contribution in [3.63, 3.8) is 0 Å². The first kappa shape index (κ1) is 23.3. The maximum Gasteiger partial charge on any atom is 0.305 e. The highest BCUT2D eigenvalue weighted by Crippen LogP contribution is 2.23. The Hall–Kier alpha value is -1.97. The zero-order valence-electron chi connectivity index (χ0n) is 16.7. The van der Waals surface area contributed by atoms with Gasteiger partial charge in [0, 0.05) is 30.9 Å². The molecule has 0 aromatic carbocycles. The van der Waals surface area contributed by atoms with E-state index in [4.69, 9.17) is 4.74 Å². The molecule has 1 aromatic heterocycles. The van der Waals surface area contributed by atoms with E-state index < -0.39 is 24.0 Å². The van der Waals surface area contributed by atoms with Crippen LogP contribution in [0.4, 0.5) is 0 Å². The second-order valence-electron chi connectivity index (χ2n) is 7.12. The lowest BCUT2D eigenvalue weighted by Gasteiger charge is -2.33. The average Bonchev–Trinajstić information content (AvgIpc) is 3.24. The smallest absolute Gasteiger partial charge is 0.305 e. The number of esters is 1. The van der Waals surface area contributed by atoms with Gasteiger partial charge in [0.15, 0.2) is 12.2 Å². The molecule has 0 spiro atoms. The Morgan fingerprint density at radius 3 is 2.62 bits per heavy atom. The molecule has 2 unspecified atom stereocenters. The summed E-state index contributed by atoms with van der Waals surface area (Å²) in [5, 5.41) is 24.7. The maximum absolute atomic E-state index is 12.4. The van der Waals surface area contributed by atoms with E-state index in [1.807, 2.05) is 17.5 Å². The predicted molar refractivity (Wildman–Crippen MR) is 108 cm³/mol. The average molecular weight is 427 g/mol. The molecule has 2 heterocycles. The summed E-state index contributed by atoms with van der Waals surface area (Å²) in [6, 6.07) is 3.86. The molecule has 8 nitrogen and oxygen atoms in total. The number of amides is 2. The normalized spacial score (nSPS) is 16.9. The fourth-order valence-corrected chi connectivity index (χ4v) is 4.04. The van der Waals surface area contributed by atoms with Crippen LogP contribution in [0.1, 0.15) is 37.5 Å². The highest BCUT2D eigenvalue weighted by Gasteiger charge is 2.34. The minimum atomic E-state index is -1.80. The molecule has 2 rings (SSSR count). The first-order valence-corrected chi connectivity index (χ1v) is 10.9. The lowest BCUT2D eigenvalue weighted by Crippen LogP contribution is -2.52. The molecule has 0 bridgehead atoms. The van der Waals surface area contributed by atoms with E-state index in [1.54, 1.807) is 18.3 Å². The van der Waals surface area contributed by atoms with E-state index in [0.29, 0.717) is 64.3 Å². The molecule has 1 aliphatic rings. The number of likely N-dealkylation sites (tertiary alicyclic amines) is 1. The predicted octanol–water partition coefficient (Wildman–Crippen LogP) is 0.710. The Labute approximate surface area is 174 Å². The number of aliphatic hydroxyl groups is 2. The summed E-state index contributed by atoms with van der Waals surface area (Å²) in [6.07, 6.45) is -0.472. The van der Waals surface area contributed by atoms with Gasteiger partial charge in [0.2, 0.25) is 0 Å². The van der Waals surface area contributed by atoms with Crippen LogP contribution in [0.5, 0.6) is 0 Å². The van der Waals surface area contributed by atoms with Crippen LogP contribution >= 0.6 is 11.3 Å².